The largest absolute Gasteiger partial charge is 0.355 e. The van der Waals surface area contributed by atoms with Crippen LogP contribution >= 0.6 is 15.9 Å². The van der Waals surface area contributed by atoms with Crippen LogP contribution in [0.5, 0.6) is 0 Å². The first-order valence-corrected chi connectivity index (χ1v) is 8.62. The quantitative estimate of drug-likeness (QED) is 0.474. The van der Waals surface area contributed by atoms with Crippen LogP contribution in [0.3, 0.4) is 0 Å². The third-order valence-electron chi connectivity index (χ3n) is 3.96. The maximum atomic E-state index is 13.0. The van der Waals surface area contributed by atoms with Crippen molar-refractivity contribution in [3.63, 3.8) is 0 Å². The van der Waals surface area contributed by atoms with Crippen molar-refractivity contribution in [2.45, 2.75) is 0 Å². The van der Waals surface area contributed by atoms with E-state index in [9.17, 15) is 9.18 Å². The molecule has 1 aromatic heterocycles. The van der Waals surface area contributed by atoms with Gasteiger partial charge in [0.15, 0.2) is 11.5 Å². The van der Waals surface area contributed by atoms with Gasteiger partial charge in [0.25, 0.3) is 5.91 Å². The zero-order valence-corrected chi connectivity index (χ0v) is 15.0. The van der Waals surface area contributed by atoms with Gasteiger partial charge in [-0.3, -0.25) is 4.79 Å². The number of nitrogens with one attached hydrogen (secondary N) is 1. The molecule has 0 aliphatic heterocycles. The Kier molecular flexibility index (Phi) is 4.26. The summed E-state index contributed by atoms with van der Waals surface area (Å²) in [6, 6.07) is 18.8. The Hall–Kier alpha value is -2.99. The van der Waals surface area contributed by atoms with Crippen LogP contribution in [0.4, 0.5) is 10.1 Å². The van der Waals surface area contributed by atoms with Crippen LogP contribution in [0.15, 0.2) is 75.7 Å². The molecule has 0 unspecified atom stereocenters. The molecule has 0 aliphatic rings. The number of hydrogen-bond donors (Lipinski definition) is 1. The lowest BCUT2D eigenvalue weighted by Crippen LogP contribution is -2.12. The van der Waals surface area contributed by atoms with Gasteiger partial charge in [0.1, 0.15) is 5.82 Å². The van der Waals surface area contributed by atoms with Crippen LogP contribution in [0, 0.1) is 5.82 Å². The summed E-state index contributed by atoms with van der Waals surface area (Å²) in [5.41, 5.74) is 1.46. The number of carbonyl (C=O) groups excluding carboxylic acids is 1. The average Bonchev–Trinajstić information content (AvgIpc) is 3.13. The van der Waals surface area contributed by atoms with Crippen molar-refractivity contribution < 1.29 is 13.7 Å². The second-order valence-electron chi connectivity index (χ2n) is 5.71. The van der Waals surface area contributed by atoms with Gasteiger partial charge in [-0.15, -0.1) is 0 Å². The Balaban J connectivity index is 1.56. The topological polar surface area (TPSA) is 55.1 Å². The zero-order valence-electron chi connectivity index (χ0n) is 13.4. The monoisotopic (exact) mass is 410 g/mol. The van der Waals surface area contributed by atoms with Gasteiger partial charge in [-0.1, -0.05) is 39.3 Å². The summed E-state index contributed by atoms with van der Waals surface area (Å²) in [6.45, 7) is 0. The molecule has 128 valence electrons. The van der Waals surface area contributed by atoms with Crippen LogP contribution < -0.4 is 5.32 Å². The van der Waals surface area contributed by atoms with Gasteiger partial charge in [-0.25, -0.2) is 4.39 Å². The number of fused-ring (bicyclic) bond motifs is 1. The van der Waals surface area contributed by atoms with Gasteiger partial charge in [-0.2, -0.15) is 0 Å². The number of nitrogens with zero attached hydrogens (tertiary/aromatic N) is 1. The van der Waals surface area contributed by atoms with Crippen LogP contribution in [-0.4, -0.2) is 11.1 Å². The summed E-state index contributed by atoms with van der Waals surface area (Å²) in [4.78, 5) is 12.4. The van der Waals surface area contributed by atoms with E-state index in [1.165, 1.54) is 18.2 Å². The van der Waals surface area contributed by atoms with E-state index in [0.717, 1.165) is 15.2 Å². The summed E-state index contributed by atoms with van der Waals surface area (Å²) < 4.78 is 19.2. The molecule has 0 saturated heterocycles. The fourth-order valence-electron chi connectivity index (χ4n) is 2.65. The maximum Gasteiger partial charge on any atom is 0.277 e. The number of carbonyl (C=O) groups is 1. The van der Waals surface area contributed by atoms with Crippen LogP contribution in [0.25, 0.3) is 22.1 Å². The smallest absolute Gasteiger partial charge is 0.277 e. The summed E-state index contributed by atoms with van der Waals surface area (Å²) in [6.07, 6.45) is 0. The van der Waals surface area contributed by atoms with Crippen LogP contribution in [0.1, 0.15) is 10.5 Å². The molecule has 4 rings (SSSR count). The first-order chi connectivity index (χ1) is 12.6. The Morgan fingerprint density at radius 1 is 1.04 bits per heavy atom. The van der Waals surface area contributed by atoms with E-state index in [1.807, 2.05) is 36.4 Å². The fraction of sp³-hybridized carbons (Fsp3) is 0. The van der Waals surface area contributed by atoms with Crippen molar-refractivity contribution in [3.8, 4) is 11.3 Å². The summed E-state index contributed by atoms with van der Waals surface area (Å²) in [5.74, 6) is -0.316. The zero-order chi connectivity index (χ0) is 18.1. The van der Waals surface area contributed by atoms with Crippen LogP contribution in [0.2, 0.25) is 0 Å². The molecule has 4 nitrogen and oxygen atoms in total. The molecule has 0 radical (unpaired) electrons. The molecule has 1 heterocycles. The first kappa shape index (κ1) is 16.5. The van der Waals surface area contributed by atoms with E-state index >= 15 is 0 Å². The average molecular weight is 411 g/mol. The molecule has 0 atom stereocenters. The van der Waals surface area contributed by atoms with Crippen molar-refractivity contribution in [1.82, 2.24) is 5.16 Å². The molecule has 0 spiro atoms. The Labute approximate surface area is 156 Å². The fourth-order valence-corrected chi connectivity index (χ4v) is 3.16. The molecule has 3 aromatic carbocycles. The first-order valence-electron chi connectivity index (χ1n) is 7.82. The molecular formula is C20H12BrFN2O2. The number of halogens is 2. The minimum absolute atomic E-state index is 0.152. The summed E-state index contributed by atoms with van der Waals surface area (Å²) in [7, 11) is 0. The number of hydrogen-bond acceptors (Lipinski definition) is 3. The molecular weight excluding hydrogens is 399 g/mol. The Morgan fingerprint density at radius 3 is 2.65 bits per heavy atom. The molecule has 1 amide bonds. The minimum Gasteiger partial charge on any atom is -0.355 e. The van der Waals surface area contributed by atoms with Gasteiger partial charge < -0.3 is 9.84 Å². The van der Waals surface area contributed by atoms with Gasteiger partial charge in [0.05, 0.1) is 0 Å². The van der Waals surface area contributed by atoms with Gasteiger partial charge in [0.2, 0.25) is 0 Å². The van der Waals surface area contributed by atoms with Gasteiger partial charge in [0, 0.05) is 21.8 Å². The highest BCUT2D eigenvalue weighted by Crippen LogP contribution is 2.27. The second kappa shape index (κ2) is 6.72. The highest BCUT2D eigenvalue weighted by atomic mass is 79.9. The van der Waals surface area contributed by atoms with E-state index in [0.29, 0.717) is 17.0 Å². The van der Waals surface area contributed by atoms with Gasteiger partial charge >= 0.3 is 0 Å². The molecule has 1 N–H and O–H groups in total. The van der Waals surface area contributed by atoms with E-state index in [-0.39, 0.29) is 17.4 Å². The van der Waals surface area contributed by atoms with Crippen LogP contribution in [-0.2, 0) is 0 Å². The standard InChI is InChI=1S/C20H12BrFN2O2/c21-17-3-1-2-13-10-15(8-9-16(13)17)23-20(25)18-11-19(26-24-18)12-4-6-14(22)7-5-12/h1-11H,(H,23,25). The number of rotatable bonds is 3. The number of amides is 1. The lowest BCUT2D eigenvalue weighted by Gasteiger charge is -2.06. The molecule has 0 saturated carbocycles. The summed E-state index contributed by atoms with van der Waals surface area (Å²) >= 11 is 3.51. The van der Waals surface area contributed by atoms with E-state index in [2.05, 4.69) is 26.4 Å². The third kappa shape index (κ3) is 3.23. The lowest BCUT2D eigenvalue weighted by atomic mass is 10.1. The molecule has 0 fully saturated rings. The molecule has 0 bridgehead atoms. The predicted molar refractivity (Wildman–Crippen MR) is 101 cm³/mol. The van der Waals surface area contributed by atoms with Crippen molar-refractivity contribution in [3.05, 3.63) is 82.7 Å². The second-order valence-corrected chi connectivity index (χ2v) is 6.57. The predicted octanol–water partition coefficient (Wildman–Crippen LogP) is 5.65. The van der Waals surface area contributed by atoms with Crippen molar-refractivity contribution in [2.24, 2.45) is 0 Å². The number of anilines is 1. The molecule has 6 heteroatoms. The van der Waals surface area contributed by atoms with Crippen molar-refractivity contribution in [1.29, 1.82) is 0 Å². The van der Waals surface area contributed by atoms with Gasteiger partial charge in [-0.05, 0) is 53.2 Å². The molecule has 26 heavy (non-hydrogen) atoms. The number of aromatic nitrogens is 1. The molecule has 4 aromatic rings. The highest BCUT2D eigenvalue weighted by molar-refractivity contribution is 9.10. The molecule has 0 aliphatic carbocycles. The summed E-state index contributed by atoms with van der Waals surface area (Å²) in [5, 5.41) is 8.67. The Bertz CT molecular complexity index is 1110. The maximum absolute atomic E-state index is 13.0. The minimum atomic E-state index is -0.378. The van der Waals surface area contributed by atoms with Crippen molar-refractivity contribution in [2.75, 3.05) is 5.32 Å². The SMILES string of the molecule is O=C(Nc1ccc2c(Br)cccc2c1)c1cc(-c2ccc(F)cc2)on1. The lowest BCUT2D eigenvalue weighted by molar-refractivity contribution is 0.101. The van der Waals surface area contributed by atoms with E-state index < -0.39 is 0 Å². The van der Waals surface area contributed by atoms with E-state index in [1.54, 1.807) is 12.1 Å². The Morgan fingerprint density at radius 2 is 1.85 bits per heavy atom. The van der Waals surface area contributed by atoms with Crippen molar-refractivity contribution >= 4 is 38.3 Å². The highest BCUT2D eigenvalue weighted by Gasteiger charge is 2.14. The third-order valence-corrected chi connectivity index (χ3v) is 4.65. The normalized spacial score (nSPS) is 10.8. The number of benzene rings is 3. The van der Waals surface area contributed by atoms with E-state index in [4.69, 9.17) is 4.52 Å².